The lowest BCUT2D eigenvalue weighted by Crippen LogP contribution is -2.75. The van der Waals surface area contributed by atoms with Gasteiger partial charge in [0.2, 0.25) is 5.91 Å². The first-order valence-electron chi connectivity index (χ1n) is 7.85. The third kappa shape index (κ3) is 2.92. The molecule has 0 aliphatic heterocycles. The molecule has 1 aliphatic carbocycles. The maximum Gasteiger partial charge on any atom is 0.241 e. The van der Waals surface area contributed by atoms with E-state index in [1.807, 2.05) is 26.2 Å². The molecular weight excluding hydrogens is 298 g/mol. The number of nitrogens with one attached hydrogen (secondary N) is 1. The van der Waals surface area contributed by atoms with Gasteiger partial charge in [-0.15, -0.1) is 11.3 Å². The summed E-state index contributed by atoms with van der Waals surface area (Å²) in [6, 6.07) is 0. The Morgan fingerprint density at radius 2 is 2.27 bits per heavy atom. The summed E-state index contributed by atoms with van der Waals surface area (Å²) < 4.78 is 5.66. The fourth-order valence-electron chi connectivity index (χ4n) is 2.81. The molecule has 2 rings (SSSR count). The molecule has 1 aliphatic rings. The van der Waals surface area contributed by atoms with E-state index in [9.17, 15) is 4.79 Å². The van der Waals surface area contributed by atoms with Crippen molar-refractivity contribution in [1.82, 2.24) is 10.3 Å². The highest BCUT2D eigenvalue weighted by Crippen LogP contribution is 2.49. The van der Waals surface area contributed by atoms with Crippen LogP contribution in [0.4, 0.5) is 0 Å². The van der Waals surface area contributed by atoms with E-state index >= 15 is 0 Å². The van der Waals surface area contributed by atoms with E-state index in [2.05, 4.69) is 24.1 Å². The molecule has 124 valence electrons. The van der Waals surface area contributed by atoms with Crippen LogP contribution in [0.5, 0.6) is 0 Å². The number of hydrogen-bond donors (Lipinski definition) is 2. The Morgan fingerprint density at radius 1 is 1.59 bits per heavy atom. The van der Waals surface area contributed by atoms with Crippen molar-refractivity contribution in [1.29, 1.82) is 0 Å². The monoisotopic (exact) mass is 325 g/mol. The molecule has 1 heterocycles. The van der Waals surface area contributed by atoms with Gasteiger partial charge in [-0.2, -0.15) is 0 Å². The van der Waals surface area contributed by atoms with E-state index in [1.165, 1.54) is 0 Å². The number of ether oxygens (including phenoxy) is 1. The van der Waals surface area contributed by atoms with Crippen LogP contribution in [0, 0.1) is 5.41 Å². The Morgan fingerprint density at radius 3 is 2.77 bits per heavy atom. The van der Waals surface area contributed by atoms with Gasteiger partial charge in [0.1, 0.15) is 10.5 Å². The van der Waals surface area contributed by atoms with Gasteiger partial charge in [-0.05, 0) is 12.8 Å². The van der Waals surface area contributed by atoms with E-state index in [0.717, 1.165) is 10.7 Å². The van der Waals surface area contributed by atoms with Crippen molar-refractivity contribution in [2.45, 2.75) is 65.1 Å². The van der Waals surface area contributed by atoms with E-state index in [0.29, 0.717) is 25.5 Å². The van der Waals surface area contributed by atoms with Gasteiger partial charge in [0.15, 0.2) is 0 Å². The van der Waals surface area contributed by atoms with Crippen LogP contribution in [-0.2, 0) is 16.1 Å². The quantitative estimate of drug-likeness (QED) is 0.842. The first-order chi connectivity index (χ1) is 10.2. The van der Waals surface area contributed by atoms with Gasteiger partial charge in [-0.3, -0.25) is 4.79 Å². The van der Waals surface area contributed by atoms with Crippen molar-refractivity contribution in [3.8, 4) is 0 Å². The Labute approximate surface area is 136 Å². The maximum atomic E-state index is 12.5. The van der Waals surface area contributed by atoms with Gasteiger partial charge < -0.3 is 15.8 Å². The molecule has 2 atom stereocenters. The third-order valence-corrected chi connectivity index (χ3v) is 5.66. The number of nitrogens with two attached hydrogens (primary N) is 1. The number of aromatic nitrogens is 1. The number of nitrogens with zero attached hydrogens (tertiary/aromatic N) is 1. The van der Waals surface area contributed by atoms with Crippen LogP contribution in [0.25, 0.3) is 0 Å². The Kier molecular flexibility index (Phi) is 4.94. The summed E-state index contributed by atoms with van der Waals surface area (Å²) in [5, 5.41) is 5.90. The molecule has 1 amide bonds. The number of hydrogen-bond acceptors (Lipinski definition) is 5. The van der Waals surface area contributed by atoms with Crippen molar-refractivity contribution in [2.75, 3.05) is 6.61 Å². The molecule has 1 fully saturated rings. The van der Waals surface area contributed by atoms with Crippen LogP contribution in [0.15, 0.2) is 5.38 Å². The lowest BCUT2D eigenvalue weighted by Gasteiger charge is -2.57. The van der Waals surface area contributed by atoms with Gasteiger partial charge in [0.25, 0.3) is 0 Å². The fraction of sp³-hybridized carbons (Fsp3) is 0.750. The lowest BCUT2D eigenvalue weighted by molar-refractivity contribution is -0.170. The summed E-state index contributed by atoms with van der Waals surface area (Å²) in [5.41, 5.74) is 6.19. The maximum absolute atomic E-state index is 12.5. The average molecular weight is 325 g/mol. The predicted octanol–water partition coefficient (Wildman–Crippen LogP) is 2.42. The molecule has 0 aromatic carbocycles. The fourth-order valence-corrected chi connectivity index (χ4v) is 3.70. The van der Waals surface area contributed by atoms with Crippen LogP contribution < -0.4 is 11.1 Å². The molecule has 22 heavy (non-hydrogen) atoms. The van der Waals surface area contributed by atoms with Gasteiger partial charge in [0, 0.05) is 23.8 Å². The van der Waals surface area contributed by atoms with E-state index in [1.54, 1.807) is 11.3 Å². The third-order valence-electron chi connectivity index (χ3n) is 4.80. The second kappa shape index (κ2) is 6.26. The number of carbonyl (C=O) groups is 1. The molecule has 0 radical (unpaired) electrons. The van der Waals surface area contributed by atoms with E-state index < -0.39 is 5.54 Å². The normalized spacial score (nSPS) is 26.8. The zero-order chi connectivity index (χ0) is 16.5. The van der Waals surface area contributed by atoms with Gasteiger partial charge in [-0.25, -0.2) is 4.98 Å². The lowest BCUT2D eigenvalue weighted by atomic mass is 9.54. The van der Waals surface area contributed by atoms with Crippen LogP contribution in [0.1, 0.15) is 57.7 Å². The standard InChI is InChI=1S/C16H27N3O2S/c1-6-21-12-7-16(17,15(12,4)5)14(20)18-8-13-19-11(9-22-13)10(2)3/h9-10,12H,6-8,17H2,1-5H3,(H,18,20). The number of amides is 1. The molecular formula is C16H27N3O2S. The van der Waals surface area contributed by atoms with Crippen molar-refractivity contribution in [2.24, 2.45) is 11.1 Å². The first kappa shape index (κ1) is 17.4. The second-order valence-electron chi connectivity index (χ2n) is 6.84. The summed E-state index contributed by atoms with van der Waals surface area (Å²) in [6.45, 7) is 11.2. The molecule has 3 N–H and O–H groups in total. The van der Waals surface area contributed by atoms with Crippen molar-refractivity contribution in [3.05, 3.63) is 16.1 Å². The minimum atomic E-state index is -0.870. The molecule has 2 unspecified atom stereocenters. The topological polar surface area (TPSA) is 77.2 Å². The molecule has 0 saturated heterocycles. The molecule has 1 aromatic rings. The first-order valence-corrected chi connectivity index (χ1v) is 8.73. The summed E-state index contributed by atoms with van der Waals surface area (Å²) in [4.78, 5) is 17.0. The minimum Gasteiger partial charge on any atom is -0.378 e. The van der Waals surface area contributed by atoms with Crippen LogP contribution >= 0.6 is 11.3 Å². The molecule has 1 aromatic heterocycles. The molecule has 0 bridgehead atoms. The van der Waals surface area contributed by atoms with E-state index in [4.69, 9.17) is 10.5 Å². The predicted molar refractivity (Wildman–Crippen MR) is 88.8 cm³/mol. The van der Waals surface area contributed by atoms with Crippen molar-refractivity contribution >= 4 is 17.2 Å². The highest BCUT2D eigenvalue weighted by atomic mass is 32.1. The largest absolute Gasteiger partial charge is 0.378 e. The van der Waals surface area contributed by atoms with Gasteiger partial charge in [0.05, 0.1) is 18.3 Å². The number of rotatable bonds is 6. The summed E-state index contributed by atoms with van der Waals surface area (Å²) >= 11 is 1.57. The molecule has 5 nitrogen and oxygen atoms in total. The minimum absolute atomic E-state index is 0.0423. The summed E-state index contributed by atoms with van der Waals surface area (Å²) in [7, 11) is 0. The van der Waals surface area contributed by atoms with Crippen molar-refractivity contribution in [3.63, 3.8) is 0 Å². The summed E-state index contributed by atoms with van der Waals surface area (Å²) in [5.74, 6) is 0.286. The SMILES string of the molecule is CCOC1CC(N)(C(=O)NCc2nc(C(C)C)cs2)C1(C)C. The average Bonchev–Trinajstić information content (AvgIpc) is 2.93. The van der Waals surface area contributed by atoms with Gasteiger partial charge in [-0.1, -0.05) is 27.7 Å². The number of carbonyl (C=O) groups excluding carboxylic acids is 1. The van der Waals surface area contributed by atoms with Crippen LogP contribution in [0.2, 0.25) is 0 Å². The van der Waals surface area contributed by atoms with Crippen LogP contribution in [-0.4, -0.2) is 29.1 Å². The number of thiazole rings is 1. The van der Waals surface area contributed by atoms with Crippen LogP contribution in [0.3, 0.4) is 0 Å². The molecule has 6 heteroatoms. The van der Waals surface area contributed by atoms with E-state index in [-0.39, 0.29) is 17.4 Å². The highest BCUT2D eigenvalue weighted by Gasteiger charge is 2.62. The highest BCUT2D eigenvalue weighted by molar-refractivity contribution is 7.09. The zero-order valence-electron chi connectivity index (χ0n) is 14.1. The van der Waals surface area contributed by atoms with Crippen molar-refractivity contribution < 1.29 is 9.53 Å². The molecule has 0 spiro atoms. The second-order valence-corrected chi connectivity index (χ2v) is 7.79. The smallest absolute Gasteiger partial charge is 0.241 e. The Bertz CT molecular complexity index is 541. The summed E-state index contributed by atoms with van der Waals surface area (Å²) in [6.07, 6.45) is 0.607. The molecule has 1 saturated carbocycles. The van der Waals surface area contributed by atoms with Gasteiger partial charge >= 0.3 is 0 Å². The Hall–Kier alpha value is -0.980. The Balaban J connectivity index is 1.95. The zero-order valence-corrected chi connectivity index (χ0v) is 14.9.